The van der Waals surface area contributed by atoms with Gasteiger partial charge in [-0.1, -0.05) is 12.1 Å². The van der Waals surface area contributed by atoms with Crippen LogP contribution in [0, 0.1) is 11.3 Å². The summed E-state index contributed by atoms with van der Waals surface area (Å²) in [5, 5.41) is 11.4. The van der Waals surface area contributed by atoms with Gasteiger partial charge in [-0.2, -0.15) is 16.6 Å². The molecule has 0 aromatic carbocycles. The molecule has 0 amide bonds. The van der Waals surface area contributed by atoms with Crippen LogP contribution in [-0.2, 0) is 0 Å². The third kappa shape index (κ3) is 5.19. The van der Waals surface area contributed by atoms with Crippen molar-refractivity contribution >= 4 is 11.3 Å². The first-order chi connectivity index (χ1) is 3.91. The molecule has 0 spiro atoms. The van der Waals surface area contributed by atoms with Gasteiger partial charge in [0.15, 0.2) is 0 Å². The minimum atomic E-state index is 1.43. The zero-order valence-corrected chi connectivity index (χ0v) is 5.48. The Morgan fingerprint density at radius 3 is 1.88 bits per heavy atom. The molecule has 0 atom stereocenters. The summed E-state index contributed by atoms with van der Waals surface area (Å²) in [5.41, 5.74) is 0. The number of rotatable bonds is 0. The van der Waals surface area contributed by atoms with Crippen molar-refractivity contribution in [3.63, 3.8) is 0 Å². The fourth-order valence-corrected chi connectivity index (χ4v) is 0.680. The summed E-state index contributed by atoms with van der Waals surface area (Å²) in [5.74, 6) is 0. The van der Waals surface area contributed by atoms with Crippen molar-refractivity contribution in [2.45, 2.75) is 6.92 Å². The third-order valence-electron chi connectivity index (χ3n) is 0.425. The summed E-state index contributed by atoms with van der Waals surface area (Å²) < 4.78 is 0. The van der Waals surface area contributed by atoms with Crippen LogP contribution in [0.5, 0.6) is 0 Å². The molecule has 8 heavy (non-hydrogen) atoms. The third-order valence-corrected chi connectivity index (χ3v) is 1.05. The molecule has 1 rings (SSSR count). The highest BCUT2D eigenvalue weighted by Gasteiger charge is 1.58. The lowest BCUT2D eigenvalue weighted by Gasteiger charge is -1.39. The van der Waals surface area contributed by atoms with Gasteiger partial charge in [0.1, 0.15) is 0 Å². The molecule has 0 radical (unpaired) electrons. The lowest BCUT2D eigenvalue weighted by molar-refractivity contribution is 1.49. The molecule has 1 aromatic rings. The van der Waals surface area contributed by atoms with Gasteiger partial charge in [0.05, 0.1) is 6.07 Å². The average Bonchev–Trinajstić information content (AvgIpc) is 2.17. The van der Waals surface area contributed by atoms with E-state index in [-0.39, 0.29) is 0 Å². The Morgan fingerprint density at radius 1 is 1.38 bits per heavy atom. The van der Waals surface area contributed by atoms with Gasteiger partial charge in [-0.05, 0) is 10.8 Å². The number of hydrogen-bond donors (Lipinski definition) is 0. The molecule has 2 heteroatoms. The van der Waals surface area contributed by atoms with E-state index in [0.717, 1.165) is 0 Å². The van der Waals surface area contributed by atoms with Crippen LogP contribution < -0.4 is 0 Å². The number of nitriles is 1. The van der Waals surface area contributed by atoms with Crippen LogP contribution in [0.15, 0.2) is 22.9 Å². The summed E-state index contributed by atoms with van der Waals surface area (Å²) in [4.78, 5) is 0. The molecule has 1 heterocycles. The highest BCUT2D eigenvalue weighted by Crippen LogP contribution is 1.91. The molecule has 0 saturated heterocycles. The summed E-state index contributed by atoms with van der Waals surface area (Å²) in [6, 6.07) is 5.79. The van der Waals surface area contributed by atoms with Gasteiger partial charge in [0, 0.05) is 6.92 Å². The standard InChI is InChI=1S/C4H4S.C2H3N/c1-2-4-5-3-1;1-2-3/h1-4H;1H3. The van der Waals surface area contributed by atoms with Gasteiger partial charge in [-0.3, -0.25) is 0 Å². The second-order valence-corrected chi connectivity index (χ2v) is 1.83. The van der Waals surface area contributed by atoms with E-state index in [0.29, 0.717) is 0 Å². The Bertz CT molecular complexity index is 121. The second-order valence-electron chi connectivity index (χ2n) is 1.02. The average molecular weight is 125 g/mol. The van der Waals surface area contributed by atoms with Crippen LogP contribution in [0.2, 0.25) is 0 Å². The fourth-order valence-electron chi connectivity index (χ4n) is 0.227. The van der Waals surface area contributed by atoms with Crippen molar-refractivity contribution in [1.82, 2.24) is 0 Å². The first kappa shape index (κ1) is 7.19. The highest BCUT2D eigenvalue weighted by atomic mass is 32.1. The second kappa shape index (κ2) is 6.19. The molecule has 0 N–H and O–H groups in total. The first-order valence-corrected chi connectivity index (χ1v) is 3.14. The van der Waals surface area contributed by atoms with Gasteiger partial charge in [-0.15, -0.1) is 0 Å². The lowest BCUT2D eigenvalue weighted by atomic mass is 10.7. The number of nitrogens with zero attached hydrogens (tertiary/aromatic N) is 1. The Kier molecular flexibility index (Phi) is 5.56. The Morgan fingerprint density at radius 2 is 1.75 bits per heavy atom. The molecule has 0 aliphatic rings. The van der Waals surface area contributed by atoms with Crippen LogP contribution in [-0.4, -0.2) is 0 Å². The number of hydrogen-bond acceptors (Lipinski definition) is 2. The van der Waals surface area contributed by atoms with E-state index in [1.165, 1.54) is 6.92 Å². The van der Waals surface area contributed by atoms with Crippen LogP contribution >= 0.6 is 11.3 Å². The largest absolute Gasteiger partial charge is 0.199 e. The Balaban J connectivity index is 0.000000145. The molecule has 42 valence electrons. The van der Waals surface area contributed by atoms with Gasteiger partial charge in [-0.25, -0.2) is 0 Å². The molecule has 1 nitrogen and oxygen atoms in total. The van der Waals surface area contributed by atoms with Gasteiger partial charge in [0.25, 0.3) is 0 Å². The summed E-state index contributed by atoms with van der Waals surface area (Å²) in [6.45, 7) is 1.43. The van der Waals surface area contributed by atoms with E-state index >= 15 is 0 Å². The first-order valence-electron chi connectivity index (χ1n) is 2.20. The van der Waals surface area contributed by atoms with Gasteiger partial charge >= 0.3 is 0 Å². The van der Waals surface area contributed by atoms with Gasteiger partial charge in [0.2, 0.25) is 0 Å². The molecule has 0 saturated carbocycles. The summed E-state index contributed by atoms with van der Waals surface area (Å²) in [6.07, 6.45) is 0. The minimum absolute atomic E-state index is 1.43. The molecular formula is C6H7NS. The van der Waals surface area contributed by atoms with Crippen molar-refractivity contribution in [3.8, 4) is 6.07 Å². The van der Waals surface area contributed by atoms with Crippen molar-refractivity contribution in [2.24, 2.45) is 0 Å². The van der Waals surface area contributed by atoms with Crippen molar-refractivity contribution < 1.29 is 0 Å². The maximum atomic E-state index is 7.32. The van der Waals surface area contributed by atoms with E-state index in [9.17, 15) is 0 Å². The highest BCUT2D eigenvalue weighted by molar-refractivity contribution is 7.07. The summed E-state index contributed by atoms with van der Waals surface area (Å²) >= 11 is 1.71. The molecule has 0 fully saturated rings. The predicted octanol–water partition coefficient (Wildman–Crippen LogP) is 2.28. The van der Waals surface area contributed by atoms with Gasteiger partial charge < -0.3 is 0 Å². The fraction of sp³-hybridized carbons (Fsp3) is 0.167. The normalized spacial score (nSPS) is 6.00. The van der Waals surface area contributed by atoms with E-state index in [1.54, 1.807) is 17.4 Å². The SMILES string of the molecule is CC#N.c1ccsc1. The molecule has 0 aliphatic carbocycles. The predicted molar refractivity (Wildman–Crippen MR) is 35.6 cm³/mol. The van der Waals surface area contributed by atoms with Crippen LogP contribution in [0.25, 0.3) is 0 Å². The monoisotopic (exact) mass is 125 g/mol. The van der Waals surface area contributed by atoms with E-state index in [2.05, 4.69) is 0 Å². The molecule has 1 aromatic heterocycles. The molecule has 0 unspecified atom stereocenters. The quantitative estimate of drug-likeness (QED) is 0.521. The van der Waals surface area contributed by atoms with E-state index in [4.69, 9.17) is 5.26 Å². The zero-order valence-electron chi connectivity index (χ0n) is 4.66. The van der Waals surface area contributed by atoms with E-state index < -0.39 is 0 Å². The lowest BCUT2D eigenvalue weighted by Crippen LogP contribution is -1.16. The molecular weight excluding hydrogens is 118 g/mol. The van der Waals surface area contributed by atoms with Crippen LogP contribution in [0.4, 0.5) is 0 Å². The van der Waals surface area contributed by atoms with Crippen molar-refractivity contribution in [3.05, 3.63) is 22.9 Å². The van der Waals surface area contributed by atoms with Crippen LogP contribution in [0.1, 0.15) is 6.92 Å². The topological polar surface area (TPSA) is 23.8 Å². The Hall–Kier alpha value is -0.810. The van der Waals surface area contributed by atoms with Crippen molar-refractivity contribution in [1.29, 1.82) is 5.26 Å². The maximum Gasteiger partial charge on any atom is 0.0587 e. The molecule has 0 bridgehead atoms. The maximum absolute atomic E-state index is 7.32. The Labute approximate surface area is 53.2 Å². The molecule has 0 aliphatic heterocycles. The van der Waals surface area contributed by atoms with E-state index in [1.807, 2.05) is 22.9 Å². The zero-order chi connectivity index (χ0) is 6.24. The summed E-state index contributed by atoms with van der Waals surface area (Å²) in [7, 11) is 0. The van der Waals surface area contributed by atoms with Crippen molar-refractivity contribution in [2.75, 3.05) is 0 Å². The minimum Gasteiger partial charge on any atom is -0.199 e. The van der Waals surface area contributed by atoms with Crippen LogP contribution in [0.3, 0.4) is 0 Å². The number of thiophene rings is 1. The smallest absolute Gasteiger partial charge is 0.0587 e.